The molecule has 3 aromatic carbocycles. The zero-order chi connectivity index (χ0) is 22.7. The summed E-state index contributed by atoms with van der Waals surface area (Å²) >= 11 is 0. The molecule has 0 spiro atoms. The number of aromatic amines is 1. The molecule has 164 valence electrons. The summed E-state index contributed by atoms with van der Waals surface area (Å²) < 4.78 is 47.5. The Kier molecular flexibility index (Phi) is 5.77. The number of carboxylic acid groups (broad SMARTS) is 1. The van der Waals surface area contributed by atoms with Crippen LogP contribution in [0.4, 0.5) is 13.2 Å². The predicted molar refractivity (Wildman–Crippen MR) is 113 cm³/mol. The quantitative estimate of drug-likeness (QED) is 0.372. The van der Waals surface area contributed by atoms with Gasteiger partial charge in [0.25, 0.3) is 0 Å². The maximum Gasteiger partial charge on any atom is 0.573 e. The molecule has 4 aromatic rings. The number of fused-ring (bicyclic) bond motifs is 1. The van der Waals surface area contributed by atoms with E-state index in [0.29, 0.717) is 40.1 Å². The van der Waals surface area contributed by atoms with Crippen LogP contribution < -0.4 is 9.47 Å². The topological polar surface area (TPSA) is 71.5 Å². The van der Waals surface area contributed by atoms with Crippen LogP contribution in [0.3, 0.4) is 0 Å². The number of hydrogen-bond donors (Lipinski definition) is 2. The Balaban J connectivity index is 1.64. The Labute approximate surface area is 181 Å². The lowest BCUT2D eigenvalue weighted by molar-refractivity contribution is -0.274. The van der Waals surface area contributed by atoms with Crippen molar-refractivity contribution in [2.24, 2.45) is 0 Å². The van der Waals surface area contributed by atoms with Gasteiger partial charge in [-0.3, -0.25) is 4.79 Å². The Bertz CT molecular complexity index is 1230. The van der Waals surface area contributed by atoms with E-state index in [1.807, 2.05) is 30.3 Å². The molecule has 0 aliphatic rings. The largest absolute Gasteiger partial charge is 0.573 e. The molecule has 32 heavy (non-hydrogen) atoms. The van der Waals surface area contributed by atoms with Gasteiger partial charge in [0.15, 0.2) is 0 Å². The number of ether oxygens (including phenoxy) is 2. The summed E-state index contributed by atoms with van der Waals surface area (Å²) in [6.45, 7) is 0.402. The fourth-order valence-corrected chi connectivity index (χ4v) is 3.46. The van der Waals surface area contributed by atoms with E-state index < -0.39 is 18.1 Å². The number of H-pyrrole nitrogens is 1. The van der Waals surface area contributed by atoms with E-state index in [9.17, 15) is 23.1 Å². The fraction of sp³-hybridized carbons (Fsp3) is 0.125. The molecule has 0 saturated heterocycles. The molecule has 1 aromatic heterocycles. The SMILES string of the molecule is O=C(O)Cc1c(-c2ccc(OCc3ccccc3)cc2)[nH]c2ccc(OC(F)(F)F)cc12. The lowest BCUT2D eigenvalue weighted by Gasteiger charge is -2.09. The molecule has 0 radical (unpaired) electrons. The second-order valence-electron chi connectivity index (χ2n) is 7.10. The molecule has 2 N–H and O–H groups in total. The zero-order valence-electron chi connectivity index (χ0n) is 16.6. The van der Waals surface area contributed by atoms with Crippen LogP contribution in [-0.2, 0) is 17.8 Å². The van der Waals surface area contributed by atoms with E-state index in [-0.39, 0.29) is 6.42 Å². The highest BCUT2D eigenvalue weighted by Crippen LogP contribution is 2.35. The molecule has 0 aliphatic carbocycles. The Morgan fingerprint density at radius 3 is 2.28 bits per heavy atom. The van der Waals surface area contributed by atoms with Crippen LogP contribution in [0.15, 0.2) is 72.8 Å². The molecular weight excluding hydrogens is 423 g/mol. The van der Waals surface area contributed by atoms with Crippen LogP contribution in [0.5, 0.6) is 11.5 Å². The smallest absolute Gasteiger partial charge is 0.489 e. The summed E-state index contributed by atoms with van der Waals surface area (Å²) in [5.74, 6) is -0.877. The third-order valence-corrected chi connectivity index (χ3v) is 4.83. The van der Waals surface area contributed by atoms with Crippen LogP contribution in [-0.4, -0.2) is 22.4 Å². The van der Waals surface area contributed by atoms with Gasteiger partial charge in [0.2, 0.25) is 0 Å². The monoisotopic (exact) mass is 441 g/mol. The van der Waals surface area contributed by atoms with Gasteiger partial charge < -0.3 is 19.6 Å². The first kappa shape index (κ1) is 21.3. The number of nitrogens with one attached hydrogen (secondary N) is 1. The third-order valence-electron chi connectivity index (χ3n) is 4.83. The first-order valence-electron chi connectivity index (χ1n) is 9.68. The van der Waals surface area contributed by atoms with Gasteiger partial charge in [-0.15, -0.1) is 13.2 Å². The van der Waals surface area contributed by atoms with Gasteiger partial charge in [-0.25, -0.2) is 0 Å². The maximum absolute atomic E-state index is 12.6. The number of alkyl halides is 3. The van der Waals surface area contributed by atoms with E-state index >= 15 is 0 Å². The lowest BCUT2D eigenvalue weighted by atomic mass is 10.0. The molecule has 5 nitrogen and oxygen atoms in total. The Morgan fingerprint density at radius 1 is 0.938 bits per heavy atom. The number of carbonyl (C=O) groups is 1. The van der Waals surface area contributed by atoms with Gasteiger partial charge in [0.1, 0.15) is 18.1 Å². The number of carboxylic acids is 1. The summed E-state index contributed by atoms with van der Waals surface area (Å²) in [5, 5.41) is 9.70. The number of aliphatic carboxylic acids is 1. The van der Waals surface area contributed by atoms with Crippen LogP contribution >= 0.6 is 0 Å². The van der Waals surface area contributed by atoms with Crippen molar-refractivity contribution in [3.8, 4) is 22.8 Å². The maximum atomic E-state index is 12.6. The van der Waals surface area contributed by atoms with Crippen molar-refractivity contribution >= 4 is 16.9 Å². The Hall–Kier alpha value is -3.94. The average Bonchev–Trinajstić information content (AvgIpc) is 3.09. The van der Waals surface area contributed by atoms with Crippen LogP contribution in [0.1, 0.15) is 11.1 Å². The Morgan fingerprint density at radius 2 is 1.62 bits per heavy atom. The van der Waals surface area contributed by atoms with E-state index in [1.165, 1.54) is 18.2 Å². The molecule has 0 amide bonds. The number of benzene rings is 3. The number of halogens is 3. The van der Waals surface area contributed by atoms with Crippen LogP contribution in [0, 0.1) is 0 Å². The molecule has 1 heterocycles. The molecule has 0 aliphatic heterocycles. The van der Waals surface area contributed by atoms with E-state index in [0.717, 1.165) is 5.56 Å². The lowest BCUT2D eigenvalue weighted by Crippen LogP contribution is -2.17. The second kappa shape index (κ2) is 8.66. The first-order valence-corrected chi connectivity index (χ1v) is 9.68. The average molecular weight is 441 g/mol. The van der Waals surface area contributed by atoms with Crippen molar-refractivity contribution in [2.45, 2.75) is 19.4 Å². The van der Waals surface area contributed by atoms with Crippen molar-refractivity contribution in [2.75, 3.05) is 0 Å². The van der Waals surface area contributed by atoms with E-state index in [2.05, 4.69) is 9.72 Å². The molecule has 0 unspecified atom stereocenters. The highest BCUT2D eigenvalue weighted by Gasteiger charge is 2.31. The minimum atomic E-state index is -4.84. The van der Waals surface area contributed by atoms with Gasteiger partial charge in [-0.05, 0) is 59.2 Å². The second-order valence-corrected chi connectivity index (χ2v) is 7.10. The van der Waals surface area contributed by atoms with E-state index in [4.69, 9.17) is 4.74 Å². The molecule has 0 atom stereocenters. The summed E-state index contributed by atoms with van der Waals surface area (Å²) in [4.78, 5) is 14.5. The molecule has 8 heteroatoms. The van der Waals surface area contributed by atoms with Crippen molar-refractivity contribution in [3.63, 3.8) is 0 Å². The van der Waals surface area contributed by atoms with Crippen LogP contribution in [0.25, 0.3) is 22.2 Å². The molecule has 4 rings (SSSR count). The minimum Gasteiger partial charge on any atom is -0.489 e. The number of aromatic nitrogens is 1. The van der Waals surface area contributed by atoms with Crippen molar-refractivity contribution in [3.05, 3.63) is 83.9 Å². The summed E-state index contributed by atoms with van der Waals surface area (Å²) in [7, 11) is 0. The number of rotatable bonds is 7. The van der Waals surface area contributed by atoms with Gasteiger partial charge in [-0.1, -0.05) is 30.3 Å². The summed E-state index contributed by atoms with van der Waals surface area (Å²) in [5.41, 5.74) is 3.10. The molecule has 0 saturated carbocycles. The predicted octanol–water partition coefficient (Wildman–Crippen LogP) is 5.94. The molecule has 0 fully saturated rings. The minimum absolute atomic E-state index is 0.355. The van der Waals surface area contributed by atoms with Gasteiger partial charge in [0, 0.05) is 10.9 Å². The first-order chi connectivity index (χ1) is 15.3. The third kappa shape index (κ3) is 5.03. The number of hydrogen-bond acceptors (Lipinski definition) is 3. The fourth-order valence-electron chi connectivity index (χ4n) is 3.46. The zero-order valence-corrected chi connectivity index (χ0v) is 16.6. The normalized spacial score (nSPS) is 11.5. The van der Waals surface area contributed by atoms with Gasteiger partial charge in [0.05, 0.1) is 12.1 Å². The summed E-state index contributed by atoms with van der Waals surface area (Å²) in [6.07, 6.45) is -5.20. The van der Waals surface area contributed by atoms with E-state index in [1.54, 1.807) is 24.3 Å². The standard InChI is InChI=1S/C24H18F3NO4/c25-24(26,27)32-18-10-11-21-19(12-18)20(13-22(29)30)23(28-21)16-6-8-17(9-7-16)31-14-15-4-2-1-3-5-15/h1-12,28H,13-14H2,(H,29,30). The van der Waals surface area contributed by atoms with Gasteiger partial charge >= 0.3 is 12.3 Å². The van der Waals surface area contributed by atoms with Crippen molar-refractivity contribution < 1.29 is 32.5 Å². The molecular formula is C24H18F3NO4. The van der Waals surface area contributed by atoms with Crippen LogP contribution in [0.2, 0.25) is 0 Å². The summed E-state index contributed by atoms with van der Waals surface area (Å²) in [6, 6.07) is 20.5. The van der Waals surface area contributed by atoms with Gasteiger partial charge in [-0.2, -0.15) is 0 Å². The highest BCUT2D eigenvalue weighted by molar-refractivity contribution is 5.94. The highest BCUT2D eigenvalue weighted by atomic mass is 19.4. The van der Waals surface area contributed by atoms with Crippen molar-refractivity contribution in [1.29, 1.82) is 0 Å². The van der Waals surface area contributed by atoms with Crippen molar-refractivity contribution in [1.82, 2.24) is 4.98 Å². The molecule has 0 bridgehead atoms.